The lowest BCUT2D eigenvalue weighted by Crippen LogP contribution is -2.47. The van der Waals surface area contributed by atoms with E-state index in [1.807, 2.05) is 36.1 Å². The van der Waals surface area contributed by atoms with E-state index in [4.69, 9.17) is 4.74 Å². The molecule has 2 heterocycles. The molecule has 182 valence electrons. The number of methoxy groups -OCH3 is 1. The highest BCUT2D eigenvalue weighted by molar-refractivity contribution is 7.10. The molecule has 2 aromatic carbocycles. The molecule has 8 nitrogen and oxygen atoms in total. The fourth-order valence-corrected chi connectivity index (χ4v) is 5.36. The first kappa shape index (κ1) is 24.6. The number of amides is 2. The number of hydrogen-bond acceptors (Lipinski definition) is 6. The van der Waals surface area contributed by atoms with Crippen molar-refractivity contribution >= 4 is 28.8 Å². The van der Waals surface area contributed by atoms with Gasteiger partial charge in [-0.15, -0.1) is 11.3 Å². The summed E-state index contributed by atoms with van der Waals surface area (Å²) < 4.78 is 5.16. The number of benzene rings is 2. The summed E-state index contributed by atoms with van der Waals surface area (Å²) in [7, 11) is 1.52. The number of hydrogen-bond donors (Lipinski definition) is 0. The molecular formula is C26H27N3O5S. The lowest BCUT2D eigenvalue weighted by Gasteiger charge is -2.38. The van der Waals surface area contributed by atoms with Crippen LogP contribution in [0.15, 0.2) is 60.0 Å². The number of carbonyl (C=O) groups excluding carboxylic acids is 2. The SMILES string of the molecule is COCCN(CC(=O)N1CCc2sccc2C1c1ccccc1C)C(=O)c1cccc([N+](=O)[O-])c1. The number of nitro benzene ring substituents is 1. The molecule has 0 bridgehead atoms. The zero-order valence-electron chi connectivity index (χ0n) is 19.7. The highest BCUT2D eigenvalue weighted by atomic mass is 32.1. The Balaban J connectivity index is 1.63. The van der Waals surface area contributed by atoms with Gasteiger partial charge in [0.05, 0.1) is 17.6 Å². The summed E-state index contributed by atoms with van der Waals surface area (Å²) in [5.41, 5.74) is 3.27. The van der Waals surface area contributed by atoms with Gasteiger partial charge in [0.25, 0.3) is 11.6 Å². The third-order valence-electron chi connectivity index (χ3n) is 6.25. The summed E-state index contributed by atoms with van der Waals surface area (Å²) in [6, 6.07) is 15.5. The normalized spacial score (nSPS) is 14.9. The van der Waals surface area contributed by atoms with Crippen LogP contribution in [-0.4, -0.2) is 59.9 Å². The second-order valence-corrected chi connectivity index (χ2v) is 9.42. The lowest BCUT2D eigenvalue weighted by atomic mass is 9.90. The number of carbonyl (C=O) groups is 2. The summed E-state index contributed by atoms with van der Waals surface area (Å²) in [6.45, 7) is 2.87. The van der Waals surface area contributed by atoms with Crippen LogP contribution in [0.3, 0.4) is 0 Å². The molecule has 1 aliphatic rings. The Morgan fingerprint density at radius 1 is 1.17 bits per heavy atom. The largest absolute Gasteiger partial charge is 0.383 e. The van der Waals surface area contributed by atoms with Crippen molar-refractivity contribution in [2.24, 2.45) is 0 Å². The molecule has 2 amide bonds. The maximum absolute atomic E-state index is 13.7. The minimum atomic E-state index is -0.541. The molecule has 1 aliphatic heterocycles. The van der Waals surface area contributed by atoms with E-state index in [2.05, 4.69) is 11.4 Å². The number of nitrogens with zero attached hydrogens (tertiary/aromatic N) is 3. The van der Waals surface area contributed by atoms with Crippen molar-refractivity contribution in [1.29, 1.82) is 0 Å². The van der Waals surface area contributed by atoms with Gasteiger partial charge < -0.3 is 14.5 Å². The lowest BCUT2D eigenvalue weighted by molar-refractivity contribution is -0.384. The molecular weight excluding hydrogens is 466 g/mol. The minimum Gasteiger partial charge on any atom is -0.383 e. The Hall–Kier alpha value is -3.56. The van der Waals surface area contributed by atoms with Gasteiger partial charge >= 0.3 is 0 Å². The van der Waals surface area contributed by atoms with E-state index in [-0.39, 0.29) is 42.9 Å². The predicted molar refractivity (Wildman–Crippen MR) is 134 cm³/mol. The monoisotopic (exact) mass is 493 g/mol. The molecule has 9 heteroatoms. The van der Waals surface area contributed by atoms with Gasteiger partial charge in [-0.1, -0.05) is 30.3 Å². The number of nitro groups is 1. The van der Waals surface area contributed by atoms with Crippen molar-refractivity contribution in [1.82, 2.24) is 9.80 Å². The van der Waals surface area contributed by atoms with Crippen LogP contribution in [0.5, 0.6) is 0 Å². The summed E-state index contributed by atoms with van der Waals surface area (Å²) in [5.74, 6) is -0.621. The first-order valence-corrected chi connectivity index (χ1v) is 12.2. The Labute approximate surface area is 207 Å². The van der Waals surface area contributed by atoms with E-state index >= 15 is 0 Å². The average molecular weight is 494 g/mol. The second-order valence-electron chi connectivity index (χ2n) is 8.42. The van der Waals surface area contributed by atoms with Gasteiger partial charge in [-0.05, 0) is 47.5 Å². The number of fused-ring (bicyclic) bond motifs is 1. The molecule has 0 radical (unpaired) electrons. The van der Waals surface area contributed by atoms with E-state index < -0.39 is 10.8 Å². The highest BCUT2D eigenvalue weighted by Gasteiger charge is 2.34. The molecule has 1 unspecified atom stereocenters. The van der Waals surface area contributed by atoms with Crippen LogP contribution in [-0.2, 0) is 16.0 Å². The number of ether oxygens (including phenoxy) is 1. The van der Waals surface area contributed by atoms with Gasteiger partial charge in [0, 0.05) is 42.8 Å². The van der Waals surface area contributed by atoms with Gasteiger partial charge in [-0.3, -0.25) is 19.7 Å². The Morgan fingerprint density at radius 3 is 2.71 bits per heavy atom. The van der Waals surface area contributed by atoms with Crippen LogP contribution in [0.1, 0.15) is 38.0 Å². The molecule has 1 aromatic heterocycles. The number of aryl methyl sites for hydroxylation is 1. The maximum Gasteiger partial charge on any atom is 0.270 e. The smallest absolute Gasteiger partial charge is 0.270 e. The standard InChI is InChI=1S/C26H27N3O5S/c1-18-6-3-4-9-21(18)25-22-11-15-35-23(22)10-12-28(25)24(30)17-27(13-14-34-2)26(31)19-7-5-8-20(16-19)29(32)33/h3-9,11,15-16,25H,10,12-14,17H2,1-2H3. The fraction of sp³-hybridized carbons (Fsp3) is 0.308. The first-order chi connectivity index (χ1) is 16.9. The van der Waals surface area contributed by atoms with Crippen molar-refractivity contribution < 1.29 is 19.2 Å². The van der Waals surface area contributed by atoms with Crippen LogP contribution >= 0.6 is 11.3 Å². The summed E-state index contributed by atoms with van der Waals surface area (Å²) in [6.07, 6.45) is 0.762. The maximum atomic E-state index is 13.7. The Kier molecular flexibility index (Phi) is 7.57. The van der Waals surface area contributed by atoms with Crippen LogP contribution in [0.4, 0.5) is 5.69 Å². The van der Waals surface area contributed by atoms with Crippen molar-refractivity contribution in [3.05, 3.63) is 97.2 Å². The van der Waals surface area contributed by atoms with E-state index in [9.17, 15) is 19.7 Å². The molecule has 0 fully saturated rings. The van der Waals surface area contributed by atoms with Crippen LogP contribution < -0.4 is 0 Å². The molecule has 0 saturated carbocycles. The van der Waals surface area contributed by atoms with E-state index in [1.165, 1.54) is 41.2 Å². The average Bonchev–Trinajstić information content (AvgIpc) is 3.35. The molecule has 3 aromatic rings. The molecule has 0 saturated heterocycles. The Morgan fingerprint density at radius 2 is 1.97 bits per heavy atom. The second kappa shape index (κ2) is 10.8. The summed E-state index contributed by atoms with van der Waals surface area (Å²) in [4.78, 5) is 42.1. The quantitative estimate of drug-likeness (QED) is 0.346. The summed E-state index contributed by atoms with van der Waals surface area (Å²) >= 11 is 1.70. The Bertz CT molecular complexity index is 1240. The number of thiophene rings is 1. The van der Waals surface area contributed by atoms with E-state index in [0.29, 0.717) is 6.54 Å². The molecule has 35 heavy (non-hydrogen) atoms. The van der Waals surface area contributed by atoms with Gasteiger partial charge in [0.15, 0.2) is 0 Å². The predicted octanol–water partition coefficient (Wildman–Crippen LogP) is 4.23. The number of rotatable bonds is 8. The van der Waals surface area contributed by atoms with Gasteiger partial charge in [0.2, 0.25) is 5.91 Å². The van der Waals surface area contributed by atoms with E-state index in [0.717, 1.165) is 23.1 Å². The third-order valence-corrected chi connectivity index (χ3v) is 7.25. The number of non-ortho nitro benzene ring substituents is 1. The molecule has 4 rings (SSSR count). The van der Waals surface area contributed by atoms with Crippen LogP contribution in [0.2, 0.25) is 0 Å². The molecule has 0 aliphatic carbocycles. The van der Waals surface area contributed by atoms with Crippen molar-refractivity contribution in [2.75, 3.05) is 33.4 Å². The molecule has 0 N–H and O–H groups in total. The van der Waals surface area contributed by atoms with Crippen molar-refractivity contribution in [3.63, 3.8) is 0 Å². The van der Waals surface area contributed by atoms with Gasteiger partial charge in [-0.2, -0.15) is 0 Å². The minimum absolute atomic E-state index is 0.146. The first-order valence-electron chi connectivity index (χ1n) is 11.3. The van der Waals surface area contributed by atoms with Gasteiger partial charge in [-0.25, -0.2) is 0 Å². The van der Waals surface area contributed by atoms with Gasteiger partial charge in [0.1, 0.15) is 6.54 Å². The van der Waals surface area contributed by atoms with Crippen molar-refractivity contribution in [3.8, 4) is 0 Å². The fourth-order valence-electron chi connectivity index (χ4n) is 4.46. The van der Waals surface area contributed by atoms with E-state index in [1.54, 1.807) is 11.3 Å². The van der Waals surface area contributed by atoms with Crippen LogP contribution in [0.25, 0.3) is 0 Å². The zero-order chi connectivity index (χ0) is 24.9. The highest BCUT2D eigenvalue weighted by Crippen LogP contribution is 2.39. The zero-order valence-corrected chi connectivity index (χ0v) is 20.5. The third kappa shape index (κ3) is 5.26. The molecule has 1 atom stereocenters. The molecule has 0 spiro atoms. The topological polar surface area (TPSA) is 93.0 Å². The van der Waals surface area contributed by atoms with Crippen LogP contribution in [0, 0.1) is 17.0 Å². The van der Waals surface area contributed by atoms with Crippen molar-refractivity contribution in [2.45, 2.75) is 19.4 Å². The summed E-state index contributed by atoms with van der Waals surface area (Å²) in [5, 5.41) is 13.2.